The summed E-state index contributed by atoms with van der Waals surface area (Å²) >= 11 is 0. The summed E-state index contributed by atoms with van der Waals surface area (Å²) in [6.07, 6.45) is 1.40. The molecular formula is C25H24N4O4. The second-order valence-electron chi connectivity index (χ2n) is 8.23. The van der Waals surface area contributed by atoms with E-state index in [2.05, 4.69) is 10.1 Å². The lowest BCUT2D eigenvalue weighted by Gasteiger charge is -2.27. The smallest absolute Gasteiger partial charge is 0.337 e. The summed E-state index contributed by atoms with van der Waals surface area (Å²) in [4.78, 5) is 43.6. The molecule has 8 heteroatoms. The van der Waals surface area contributed by atoms with Gasteiger partial charge in [-0.05, 0) is 30.7 Å². The van der Waals surface area contributed by atoms with Crippen molar-refractivity contribution in [1.82, 2.24) is 19.7 Å². The van der Waals surface area contributed by atoms with E-state index in [4.69, 9.17) is 4.74 Å². The number of benzene rings is 2. The van der Waals surface area contributed by atoms with Gasteiger partial charge < -0.3 is 14.6 Å². The number of carbonyl (C=O) groups is 2. The van der Waals surface area contributed by atoms with Crippen LogP contribution in [0.4, 0.5) is 0 Å². The van der Waals surface area contributed by atoms with Crippen molar-refractivity contribution >= 4 is 33.6 Å². The number of ether oxygens (including phenoxy) is 1. The number of aromatic nitrogens is 3. The summed E-state index contributed by atoms with van der Waals surface area (Å²) in [5, 5.41) is 6.43. The van der Waals surface area contributed by atoms with E-state index in [9.17, 15) is 14.4 Å². The Bertz CT molecular complexity index is 1470. The highest BCUT2D eigenvalue weighted by Crippen LogP contribution is 2.30. The second kappa shape index (κ2) is 8.20. The third-order valence-corrected chi connectivity index (χ3v) is 6.19. The van der Waals surface area contributed by atoms with Crippen LogP contribution in [0.25, 0.3) is 21.7 Å². The normalized spacial score (nSPS) is 13.3. The minimum absolute atomic E-state index is 0.183. The lowest BCUT2D eigenvalue weighted by atomic mass is 10.0. The molecule has 0 atom stereocenters. The van der Waals surface area contributed by atoms with Crippen LogP contribution in [0.5, 0.6) is 0 Å². The minimum Gasteiger partial charge on any atom is -0.465 e. The summed E-state index contributed by atoms with van der Waals surface area (Å²) in [5.74, 6) is -0.607. The van der Waals surface area contributed by atoms with Gasteiger partial charge in [0.15, 0.2) is 5.69 Å². The fourth-order valence-electron chi connectivity index (χ4n) is 4.54. The molecule has 0 aliphatic carbocycles. The van der Waals surface area contributed by atoms with Gasteiger partial charge in [0.2, 0.25) is 0 Å². The predicted octanol–water partition coefficient (Wildman–Crippen LogP) is 3.27. The molecule has 0 bridgehead atoms. The number of H-pyrrole nitrogens is 1. The first-order chi connectivity index (χ1) is 16.0. The van der Waals surface area contributed by atoms with Gasteiger partial charge in [-0.2, -0.15) is 5.10 Å². The Morgan fingerprint density at radius 3 is 2.67 bits per heavy atom. The summed E-state index contributed by atoms with van der Waals surface area (Å²) in [5.41, 5.74) is 3.54. The maximum atomic E-state index is 13.6. The van der Waals surface area contributed by atoms with Crippen molar-refractivity contribution in [2.45, 2.75) is 32.9 Å². The number of carbonyl (C=O) groups excluding carboxylic acids is 2. The van der Waals surface area contributed by atoms with Gasteiger partial charge in [0.25, 0.3) is 11.5 Å². The molecule has 4 aromatic rings. The van der Waals surface area contributed by atoms with E-state index >= 15 is 0 Å². The van der Waals surface area contributed by atoms with Crippen LogP contribution < -0.4 is 5.56 Å². The van der Waals surface area contributed by atoms with Gasteiger partial charge in [-0.1, -0.05) is 25.1 Å². The molecule has 8 nitrogen and oxygen atoms in total. The number of hydrogen-bond acceptors (Lipinski definition) is 5. The van der Waals surface area contributed by atoms with E-state index in [-0.39, 0.29) is 17.2 Å². The van der Waals surface area contributed by atoms with E-state index in [1.165, 1.54) is 11.8 Å². The molecular weight excluding hydrogens is 420 g/mol. The summed E-state index contributed by atoms with van der Waals surface area (Å²) < 4.78 is 6.24. The molecule has 1 aliphatic heterocycles. The van der Waals surface area contributed by atoms with E-state index in [1.54, 1.807) is 35.2 Å². The van der Waals surface area contributed by atoms with Crippen LogP contribution in [0, 0.1) is 0 Å². The standard InChI is InChI=1S/C25H24N4O4/c1-3-11-29-23(30)17-7-5-4-6-16(17)22(27-29)24(31)28-12-10-21-19(14-28)18-13-15(25(32)33-2)8-9-20(18)26-21/h4-9,13,26H,3,10-12,14H2,1-2H3. The molecule has 2 aromatic heterocycles. The van der Waals surface area contributed by atoms with Gasteiger partial charge in [-0.15, -0.1) is 0 Å². The Labute approximate surface area is 189 Å². The SMILES string of the molecule is CCCn1nc(C(=O)N2CCc3[nH]c4ccc(C(=O)OC)cc4c3C2)c2ccccc2c1=O. The van der Waals surface area contributed by atoms with Gasteiger partial charge in [0.1, 0.15) is 0 Å². The zero-order valence-corrected chi connectivity index (χ0v) is 18.6. The average Bonchev–Trinajstić information content (AvgIpc) is 3.22. The van der Waals surface area contributed by atoms with Crippen LogP contribution in [0.15, 0.2) is 47.3 Å². The van der Waals surface area contributed by atoms with E-state index < -0.39 is 5.97 Å². The predicted molar refractivity (Wildman–Crippen MR) is 124 cm³/mol. The topological polar surface area (TPSA) is 97.3 Å². The minimum atomic E-state index is -0.399. The van der Waals surface area contributed by atoms with Crippen molar-refractivity contribution < 1.29 is 14.3 Å². The number of rotatable bonds is 4. The number of aromatic amines is 1. The number of nitrogens with zero attached hydrogens (tertiary/aromatic N) is 3. The molecule has 168 valence electrons. The first-order valence-corrected chi connectivity index (χ1v) is 11.0. The third kappa shape index (κ3) is 3.47. The molecule has 5 rings (SSSR count). The highest BCUT2D eigenvalue weighted by atomic mass is 16.5. The summed E-state index contributed by atoms with van der Waals surface area (Å²) in [6.45, 7) is 3.34. The van der Waals surface area contributed by atoms with Crippen LogP contribution in [0.1, 0.15) is 45.4 Å². The molecule has 0 fully saturated rings. The Hall–Kier alpha value is -3.94. The first kappa shape index (κ1) is 20.9. The first-order valence-electron chi connectivity index (χ1n) is 11.0. The lowest BCUT2D eigenvalue weighted by Crippen LogP contribution is -2.38. The van der Waals surface area contributed by atoms with Gasteiger partial charge in [0.05, 0.1) is 18.1 Å². The Morgan fingerprint density at radius 2 is 1.91 bits per heavy atom. The molecule has 3 heterocycles. The van der Waals surface area contributed by atoms with Crippen LogP contribution in [-0.2, 0) is 24.2 Å². The molecule has 0 saturated carbocycles. The van der Waals surface area contributed by atoms with Crippen LogP contribution in [0.3, 0.4) is 0 Å². The number of hydrogen-bond donors (Lipinski definition) is 1. The van der Waals surface area contributed by atoms with Crippen molar-refractivity contribution in [1.29, 1.82) is 0 Å². The monoisotopic (exact) mass is 444 g/mol. The number of esters is 1. The van der Waals surface area contributed by atoms with Gasteiger partial charge in [-0.3, -0.25) is 9.59 Å². The fraction of sp³-hybridized carbons (Fsp3) is 0.280. The van der Waals surface area contributed by atoms with Crippen molar-refractivity contribution in [3.8, 4) is 0 Å². The van der Waals surface area contributed by atoms with Crippen molar-refractivity contribution in [3.05, 3.63) is 75.3 Å². The van der Waals surface area contributed by atoms with Crippen molar-refractivity contribution in [2.24, 2.45) is 0 Å². The van der Waals surface area contributed by atoms with E-state index in [0.29, 0.717) is 42.4 Å². The molecule has 33 heavy (non-hydrogen) atoms. The molecule has 0 spiro atoms. The molecule has 0 saturated heterocycles. The van der Waals surface area contributed by atoms with Crippen LogP contribution in [0.2, 0.25) is 0 Å². The van der Waals surface area contributed by atoms with Crippen LogP contribution >= 0.6 is 0 Å². The van der Waals surface area contributed by atoms with Crippen molar-refractivity contribution in [2.75, 3.05) is 13.7 Å². The quantitative estimate of drug-likeness (QED) is 0.487. The highest BCUT2D eigenvalue weighted by molar-refractivity contribution is 6.05. The van der Waals surface area contributed by atoms with E-state index in [1.807, 2.05) is 19.1 Å². The summed E-state index contributed by atoms with van der Waals surface area (Å²) in [6, 6.07) is 12.5. The van der Waals surface area contributed by atoms with Gasteiger partial charge >= 0.3 is 5.97 Å². The summed E-state index contributed by atoms with van der Waals surface area (Å²) in [7, 11) is 1.36. The Morgan fingerprint density at radius 1 is 1.12 bits per heavy atom. The molecule has 2 aromatic carbocycles. The lowest BCUT2D eigenvalue weighted by molar-refractivity contribution is 0.0600. The number of methoxy groups -OCH3 is 1. The van der Waals surface area contributed by atoms with Gasteiger partial charge in [0, 0.05) is 53.6 Å². The number of fused-ring (bicyclic) bond motifs is 4. The van der Waals surface area contributed by atoms with E-state index in [0.717, 1.165) is 28.6 Å². The molecule has 1 N–H and O–H groups in total. The molecule has 1 aliphatic rings. The fourth-order valence-corrected chi connectivity index (χ4v) is 4.54. The zero-order chi connectivity index (χ0) is 23.1. The molecule has 0 unspecified atom stereocenters. The number of nitrogens with one attached hydrogen (secondary N) is 1. The Balaban J connectivity index is 1.56. The maximum absolute atomic E-state index is 13.6. The van der Waals surface area contributed by atoms with Gasteiger partial charge in [-0.25, -0.2) is 9.48 Å². The average molecular weight is 444 g/mol. The molecule has 1 amide bonds. The number of amides is 1. The second-order valence-corrected chi connectivity index (χ2v) is 8.23. The van der Waals surface area contributed by atoms with Crippen molar-refractivity contribution in [3.63, 3.8) is 0 Å². The zero-order valence-electron chi connectivity index (χ0n) is 18.6. The van der Waals surface area contributed by atoms with Crippen LogP contribution in [-0.4, -0.2) is 45.2 Å². The third-order valence-electron chi connectivity index (χ3n) is 6.19. The largest absolute Gasteiger partial charge is 0.465 e. The number of aryl methyl sites for hydroxylation is 1. The maximum Gasteiger partial charge on any atom is 0.337 e. The Kier molecular flexibility index (Phi) is 5.20. The molecule has 0 radical (unpaired) electrons. The highest BCUT2D eigenvalue weighted by Gasteiger charge is 2.28.